The van der Waals surface area contributed by atoms with E-state index in [1.165, 1.54) is 19.1 Å². The van der Waals surface area contributed by atoms with E-state index in [2.05, 4.69) is 0 Å². The number of hydrogen-bond acceptors (Lipinski definition) is 3. The van der Waals surface area contributed by atoms with Crippen molar-refractivity contribution in [2.45, 2.75) is 24.3 Å². The molecule has 0 spiro atoms. The van der Waals surface area contributed by atoms with E-state index in [0.717, 1.165) is 0 Å². The molecule has 0 saturated heterocycles. The maximum atomic E-state index is 11.9. The fourth-order valence-corrected chi connectivity index (χ4v) is 3.02. The molecular formula is C11H12Cl2O4S. The topological polar surface area (TPSA) is 71.4 Å². The molecule has 0 aliphatic carbocycles. The SMILES string of the molecule is CC(CC(=O)O)S(=O)(=O)Cc1ccc(Cl)c(Cl)c1. The lowest BCUT2D eigenvalue weighted by Gasteiger charge is -2.11. The number of carbonyl (C=O) groups is 1. The van der Waals surface area contributed by atoms with Gasteiger partial charge in [0.2, 0.25) is 0 Å². The van der Waals surface area contributed by atoms with Crippen LogP contribution < -0.4 is 0 Å². The molecular weight excluding hydrogens is 299 g/mol. The van der Waals surface area contributed by atoms with Gasteiger partial charge in [0.05, 0.1) is 27.5 Å². The zero-order valence-corrected chi connectivity index (χ0v) is 11.9. The molecule has 0 fully saturated rings. The molecule has 0 amide bonds. The van der Waals surface area contributed by atoms with E-state index >= 15 is 0 Å². The Morgan fingerprint density at radius 1 is 1.33 bits per heavy atom. The van der Waals surface area contributed by atoms with E-state index in [9.17, 15) is 13.2 Å². The fraction of sp³-hybridized carbons (Fsp3) is 0.364. The summed E-state index contributed by atoms with van der Waals surface area (Å²) in [5, 5.41) is 8.27. The van der Waals surface area contributed by atoms with Crippen LogP contribution in [0.4, 0.5) is 0 Å². The minimum absolute atomic E-state index is 0.252. The molecule has 1 N–H and O–H groups in total. The highest BCUT2D eigenvalue weighted by Crippen LogP contribution is 2.24. The van der Waals surface area contributed by atoms with Gasteiger partial charge in [0, 0.05) is 0 Å². The summed E-state index contributed by atoms with van der Waals surface area (Å²) in [5.74, 6) is -1.39. The Morgan fingerprint density at radius 2 is 1.94 bits per heavy atom. The van der Waals surface area contributed by atoms with E-state index in [-0.39, 0.29) is 10.8 Å². The first-order valence-corrected chi connectivity index (χ1v) is 7.57. The maximum Gasteiger partial charge on any atom is 0.304 e. The highest BCUT2D eigenvalue weighted by molar-refractivity contribution is 7.91. The molecule has 1 aromatic rings. The van der Waals surface area contributed by atoms with Gasteiger partial charge < -0.3 is 5.11 Å². The van der Waals surface area contributed by atoms with Gasteiger partial charge in [-0.05, 0) is 24.6 Å². The van der Waals surface area contributed by atoms with Crippen LogP contribution in [-0.4, -0.2) is 24.7 Å². The second-order valence-electron chi connectivity index (χ2n) is 3.96. The second kappa shape index (κ2) is 5.91. The van der Waals surface area contributed by atoms with Crippen molar-refractivity contribution in [3.8, 4) is 0 Å². The quantitative estimate of drug-likeness (QED) is 0.907. The molecule has 0 aliphatic rings. The van der Waals surface area contributed by atoms with Gasteiger partial charge in [-0.15, -0.1) is 0 Å². The Labute approximate surface area is 115 Å². The molecule has 0 radical (unpaired) electrons. The monoisotopic (exact) mass is 310 g/mol. The van der Waals surface area contributed by atoms with Gasteiger partial charge in [0.1, 0.15) is 0 Å². The minimum atomic E-state index is -3.52. The molecule has 1 rings (SSSR count). The first-order valence-electron chi connectivity index (χ1n) is 5.09. The van der Waals surface area contributed by atoms with Crippen LogP contribution in [0.3, 0.4) is 0 Å². The number of benzene rings is 1. The molecule has 0 aromatic heterocycles. The van der Waals surface area contributed by atoms with Crippen molar-refractivity contribution in [1.82, 2.24) is 0 Å². The second-order valence-corrected chi connectivity index (χ2v) is 7.20. The van der Waals surface area contributed by atoms with Crippen molar-refractivity contribution < 1.29 is 18.3 Å². The van der Waals surface area contributed by atoms with E-state index in [0.29, 0.717) is 10.6 Å². The Morgan fingerprint density at radius 3 is 2.44 bits per heavy atom. The minimum Gasteiger partial charge on any atom is -0.481 e. The molecule has 1 atom stereocenters. The summed E-state index contributed by atoms with van der Waals surface area (Å²) in [4.78, 5) is 10.5. The number of hydrogen-bond donors (Lipinski definition) is 1. The third-order valence-corrected chi connectivity index (χ3v) is 5.29. The van der Waals surface area contributed by atoms with E-state index in [1.54, 1.807) is 6.07 Å². The number of carboxylic acids is 1. The van der Waals surface area contributed by atoms with Crippen LogP contribution in [0.1, 0.15) is 18.9 Å². The third kappa shape index (κ3) is 4.15. The van der Waals surface area contributed by atoms with Gasteiger partial charge in [-0.1, -0.05) is 29.3 Å². The number of rotatable bonds is 5. The zero-order valence-electron chi connectivity index (χ0n) is 9.56. The standard InChI is InChI=1S/C11H12Cl2O4S/c1-7(4-11(14)15)18(16,17)6-8-2-3-9(12)10(13)5-8/h2-3,5,7H,4,6H2,1H3,(H,14,15). The van der Waals surface area contributed by atoms with Crippen LogP contribution in [0, 0.1) is 0 Å². The summed E-state index contributed by atoms with van der Waals surface area (Å²) < 4.78 is 23.8. The lowest BCUT2D eigenvalue weighted by atomic mass is 10.2. The lowest BCUT2D eigenvalue weighted by Crippen LogP contribution is -2.22. The molecule has 100 valence electrons. The molecule has 7 heteroatoms. The lowest BCUT2D eigenvalue weighted by molar-refractivity contribution is -0.136. The zero-order chi connectivity index (χ0) is 13.9. The Hall–Kier alpha value is -0.780. The van der Waals surface area contributed by atoms with Crippen molar-refractivity contribution in [2.75, 3.05) is 0 Å². The summed E-state index contributed by atoms with van der Waals surface area (Å²) >= 11 is 11.5. The van der Waals surface area contributed by atoms with E-state index in [4.69, 9.17) is 28.3 Å². The number of carboxylic acid groups (broad SMARTS) is 1. The van der Waals surface area contributed by atoms with Crippen LogP contribution in [0.2, 0.25) is 10.0 Å². The predicted molar refractivity (Wildman–Crippen MR) is 70.8 cm³/mol. The van der Waals surface area contributed by atoms with Crippen molar-refractivity contribution in [3.63, 3.8) is 0 Å². The normalized spacial score (nSPS) is 13.3. The van der Waals surface area contributed by atoms with Crippen molar-refractivity contribution in [2.24, 2.45) is 0 Å². The van der Waals surface area contributed by atoms with Crippen molar-refractivity contribution in [1.29, 1.82) is 0 Å². The average molecular weight is 311 g/mol. The molecule has 0 aliphatic heterocycles. The first-order chi connectivity index (χ1) is 8.22. The van der Waals surface area contributed by atoms with Crippen LogP contribution in [0.25, 0.3) is 0 Å². The third-order valence-electron chi connectivity index (χ3n) is 2.43. The maximum absolute atomic E-state index is 11.9. The highest BCUT2D eigenvalue weighted by atomic mass is 35.5. The summed E-state index contributed by atoms with van der Waals surface area (Å²) in [6, 6.07) is 4.53. The van der Waals surface area contributed by atoms with Gasteiger partial charge >= 0.3 is 5.97 Å². The van der Waals surface area contributed by atoms with Gasteiger partial charge in [-0.3, -0.25) is 4.79 Å². The Kier molecular flexibility index (Phi) is 5.01. The van der Waals surface area contributed by atoms with Crippen molar-refractivity contribution in [3.05, 3.63) is 33.8 Å². The molecule has 4 nitrogen and oxygen atoms in total. The molecule has 1 aromatic carbocycles. The largest absolute Gasteiger partial charge is 0.481 e. The fourth-order valence-electron chi connectivity index (χ4n) is 1.38. The van der Waals surface area contributed by atoms with Gasteiger partial charge in [-0.25, -0.2) is 8.42 Å². The number of aliphatic carboxylic acids is 1. The van der Waals surface area contributed by atoms with E-state index in [1.807, 2.05) is 0 Å². The van der Waals surface area contributed by atoms with Crippen LogP contribution in [0.5, 0.6) is 0 Å². The smallest absolute Gasteiger partial charge is 0.304 e. The van der Waals surface area contributed by atoms with Gasteiger partial charge in [-0.2, -0.15) is 0 Å². The molecule has 0 saturated carbocycles. The predicted octanol–water partition coefficient (Wildman–Crippen LogP) is 2.77. The van der Waals surface area contributed by atoms with Crippen LogP contribution in [-0.2, 0) is 20.4 Å². The Bertz CT molecular complexity index is 554. The molecule has 18 heavy (non-hydrogen) atoms. The molecule has 0 bridgehead atoms. The molecule has 0 heterocycles. The summed E-state index contributed by atoms with van der Waals surface area (Å²) in [6.07, 6.45) is -0.413. The average Bonchev–Trinajstić information content (AvgIpc) is 2.22. The van der Waals surface area contributed by atoms with Crippen LogP contribution in [0.15, 0.2) is 18.2 Å². The number of halogens is 2. The van der Waals surface area contributed by atoms with Gasteiger partial charge in [0.15, 0.2) is 9.84 Å². The summed E-state index contributed by atoms with van der Waals surface area (Å²) in [5.41, 5.74) is 0.488. The molecule has 1 unspecified atom stereocenters. The van der Waals surface area contributed by atoms with Crippen molar-refractivity contribution >= 4 is 39.0 Å². The van der Waals surface area contributed by atoms with Gasteiger partial charge in [0.25, 0.3) is 0 Å². The summed E-state index contributed by atoms with van der Waals surface area (Å²) in [6.45, 7) is 1.38. The summed E-state index contributed by atoms with van der Waals surface area (Å²) in [7, 11) is -3.52. The van der Waals surface area contributed by atoms with E-state index < -0.39 is 27.5 Å². The first kappa shape index (κ1) is 15.3. The Balaban J connectivity index is 2.88. The highest BCUT2D eigenvalue weighted by Gasteiger charge is 2.23. The van der Waals surface area contributed by atoms with Crippen LogP contribution >= 0.6 is 23.2 Å². The number of sulfone groups is 1.